The molecule has 0 aliphatic carbocycles. The van der Waals surface area contributed by atoms with E-state index in [2.05, 4.69) is 66.5 Å². The molecular weight excluding hydrogens is 220 g/mol. The quantitative estimate of drug-likeness (QED) is 0.769. The van der Waals surface area contributed by atoms with Crippen LogP contribution in [0.1, 0.15) is 30.0 Å². The zero-order chi connectivity index (χ0) is 12.8. The molecule has 0 fully saturated rings. The predicted octanol–water partition coefficient (Wildman–Crippen LogP) is 3.34. The van der Waals surface area contributed by atoms with Crippen molar-refractivity contribution in [1.82, 2.24) is 9.88 Å². The standard InChI is InChI=1S/C16H22N2/c1-3-8-17-11-16-7-9-18(13-16)12-15-6-4-5-14(2)10-15/h4-7,9-10,13,17H,3,8,11-12H2,1-2H3. The van der Waals surface area contributed by atoms with E-state index in [4.69, 9.17) is 0 Å². The third kappa shape index (κ3) is 3.74. The maximum absolute atomic E-state index is 3.42. The second kappa shape index (κ2) is 6.41. The largest absolute Gasteiger partial charge is 0.350 e. The maximum Gasteiger partial charge on any atom is 0.0470 e. The summed E-state index contributed by atoms with van der Waals surface area (Å²) in [5, 5.41) is 3.42. The van der Waals surface area contributed by atoms with E-state index in [1.165, 1.54) is 23.1 Å². The first-order valence-corrected chi connectivity index (χ1v) is 6.69. The van der Waals surface area contributed by atoms with Crippen LogP contribution in [0.25, 0.3) is 0 Å². The van der Waals surface area contributed by atoms with Crippen LogP contribution >= 0.6 is 0 Å². The van der Waals surface area contributed by atoms with Gasteiger partial charge in [0.05, 0.1) is 0 Å². The number of aromatic nitrogens is 1. The van der Waals surface area contributed by atoms with E-state index >= 15 is 0 Å². The van der Waals surface area contributed by atoms with Gasteiger partial charge in [-0.1, -0.05) is 36.8 Å². The average molecular weight is 242 g/mol. The molecular formula is C16H22N2. The summed E-state index contributed by atoms with van der Waals surface area (Å²) >= 11 is 0. The van der Waals surface area contributed by atoms with Crippen LogP contribution in [0.5, 0.6) is 0 Å². The van der Waals surface area contributed by atoms with Gasteiger partial charge in [0.15, 0.2) is 0 Å². The minimum Gasteiger partial charge on any atom is -0.350 e. The molecule has 2 heteroatoms. The molecule has 0 amide bonds. The monoisotopic (exact) mass is 242 g/mol. The lowest BCUT2D eigenvalue weighted by Gasteiger charge is -2.04. The van der Waals surface area contributed by atoms with Crippen LogP contribution in [0.2, 0.25) is 0 Å². The summed E-state index contributed by atoms with van der Waals surface area (Å²) in [6, 6.07) is 10.9. The lowest BCUT2D eigenvalue weighted by atomic mass is 10.1. The number of nitrogens with one attached hydrogen (secondary N) is 1. The summed E-state index contributed by atoms with van der Waals surface area (Å²) in [5.41, 5.74) is 4.04. The summed E-state index contributed by atoms with van der Waals surface area (Å²) in [6.07, 6.45) is 5.57. The van der Waals surface area contributed by atoms with Crippen molar-refractivity contribution < 1.29 is 0 Å². The lowest BCUT2D eigenvalue weighted by Crippen LogP contribution is -2.13. The van der Waals surface area contributed by atoms with Crippen molar-refractivity contribution >= 4 is 0 Å². The maximum atomic E-state index is 3.42. The predicted molar refractivity (Wildman–Crippen MR) is 76.7 cm³/mol. The molecule has 1 heterocycles. The van der Waals surface area contributed by atoms with E-state index in [-0.39, 0.29) is 0 Å². The molecule has 0 aliphatic rings. The van der Waals surface area contributed by atoms with E-state index in [1.54, 1.807) is 0 Å². The second-order valence-corrected chi connectivity index (χ2v) is 4.86. The van der Waals surface area contributed by atoms with E-state index in [0.29, 0.717) is 0 Å². The molecule has 0 bridgehead atoms. The van der Waals surface area contributed by atoms with E-state index in [0.717, 1.165) is 19.6 Å². The highest BCUT2D eigenvalue weighted by Gasteiger charge is 1.98. The van der Waals surface area contributed by atoms with Crippen molar-refractivity contribution in [3.63, 3.8) is 0 Å². The van der Waals surface area contributed by atoms with Gasteiger partial charge in [-0.15, -0.1) is 0 Å². The Bertz CT molecular complexity index is 485. The SMILES string of the molecule is CCCNCc1ccn(Cc2cccc(C)c2)c1. The van der Waals surface area contributed by atoms with Crippen molar-refractivity contribution in [3.05, 3.63) is 59.4 Å². The van der Waals surface area contributed by atoms with Crippen molar-refractivity contribution in [3.8, 4) is 0 Å². The van der Waals surface area contributed by atoms with Crippen LogP contribution in [0.15, 0.2) is 42.7 Å². The molecule has 1 N–H and O–H groups in total. The minimum atomic E-state index is 0.954. The number of nitrogens with zero attached hydrogens (tertiary/aromatic N) is 1. The Morgan fingerprint density at radius 2 is 2.06 bits per heavy atom. The van der Waals surface area contributed by atoms with Gasteiger partial charge in [-0.05, 0) is 37.1 Å². The van der Waals surface area contributed by atoms with Gasteiger partial charge in [0.2, 0.25) is 0 Å². The highest BCUT2D eigenvalue weighted by Crippen LogP contribution is 2.08. The summed E-state index contributed by atoms with van der Waals surface area (Å²) in [5.74, 6) is 0. The molecule has 18 heavy (non-hydrogen) atoms. The molecule has 1 aromatic heterocycles. The molecule has 0 saturated heterocycles. The van der Waals surface area contributed by atoms with Gasteiger partial charge in [-0.3, -0.25) is 0 Å². The number of benzene rings is 1. The van der Waals surface area contributed by atoms with Gasteiger partial charge in [0, 0.05) is 25.5 Å². The number of hydrogen-bond acceptors (Lipinski definition) is 1. The molecule has 0 spiro atoms. The fraction of sp³-hybridized carbons (Fsp3) is 0.375. The van der Waals surface area contributed by atoms with Crippen molar-refractivity contribution in [2.24, 2.45) is 0 Å². The van der Waals surface area contributed by atoms with Crippen LogP contribution in [0, 0.1) is 6.92 Å². The third-order valence-electron chi connectivity index (χ3n) is 3.02. The lowest BCUT2D eigenvalue weighted by molar-refractivity contribution is 0.673. The van der Waals surface area contributed by atoms with Gasteiger partial charge in [-0.25, -0.2) is 0 Å². The molecule has 0 unspecified atom stereocenters. The normalized spacial score (nSPS) is 10.8. The first-order chi connectivity index (χ1) is 8.78. The van der Waals surface area contributed by atoms with Crippen molar-refractivity contribution in [1.29, 1.82) is 0 Å². The Labute approximate surface area is 110 Å². The van der Waals surface area contributed by atoms with Crippen LogP contribution in [-0.2, 0) is 13.1 Å². The molecule has 2 nitrogen and oxygen atoms in total. The summed E-state index contributed by atoms with van der Waals surface area (Å²) < 4.78 is 2.25. The third-order valence-corrected chi connectivity index (χ3v) is 3.02. The number of aryl methyl sites for hydroxylation is 1. The van der Waals surface area contributed by atoms with E-state index in [1.807, 2.05) is 0 Å². The Morgan fingerprint density at radius 1 is 1.17 bits per heavy atom. The Morgan fingerprint density at radius 3 is 2.83 bits per heavy atom. The summed E-state index contributed by atoms with van der Waals surface area (Å²) in [6.45, 7) is 7.34. The van der Waals surface area contributed by atoms with Gasteiger partial charge in [0.25, 0.3) is 0 Å². The molecule has 0 saturated carbocycles. The number of hydrogen-bond donors (Lipinski definition) is 1. The van der Waals surface area contributed by atoms with E-state index in [9.17, 15) is 0 Å². The Hall–Kier alpha value is -1.54. The first kappa shape index (κ1) is 12.9. The van der Waals surface area contributed by atoms with Crippen LogP contribution in [0.4, 0.5) is 0 Å². The second-order valence-electron chi connectivity index (χ2n) is 4.86. The summed E-state index contributed by atoms with van der Waals surface area (Å²) in [4.78, 5) is 0. The fourth-order valence-electron chi connectivity index (χ4n) is 2.12. The van der Waals surface area contributed by atoms with E-state index < -0.39 is 0 Å². The number of rotatable bonds is 6. The highest BCUT2D eigenvalue weighted by atomic mass is 14.9. The van der Waals surface area contributed by atoms with Gasteiger partial charge in [0.1, 0.15) is 0 Å². The highest BCUT2D eigenvalue weighted by molar-refractivity contribution is 5.23. The Kier molecular flexibility index (Phi) is 4.59. The zero-order valence-corrected chi connectivity index (χ0v) is 11.3. The molecule has 2 rings (SSSR count). The average Bonchev–Trinajstić information content (AvgIpc) is 2.77. The topological polar surface area (TPSA) is 17.0 Å². The molecule has 0 atom stereocenters. The zero-order valence-electron chi connectivity index (χ0n) is 11.3. The molecule has 2 aromatic rings. The van der Waals surface area contributed by atoms with Gasteiger partial charge in [-0.2, -0.15) is 0 Å². The van der Waals surface area contributed by atoms with Gasteiger partial charge >= 0.3 is 0 Å². The minimum absolute atomic E-state index is 0.954. The smallest absolute Gasteiger partial charge is 0.0470 e. The summed E-state index contributed by atoms with van der Waals surface area (Å²) in [7, 11) is 0. The molecule has 1 aromatic carbocycles. The van der Waals surface area contributed by atoms with Crippen LogP contribution in [-0.4, -0.2) is 11.1 Å². The van der Waals surface area contributed by atoms with Gasteiger partial charge < -0.3 is 9.88 Å². The molecule has 0 aliphatic heterocycles. The van der Waals surface area contributed by atoms with Crippen molar-refractivity contribution in [2.75, 3.05) is 6.54 Å². The Balaban J connectivity index is 1.94. The fourth-order valence-corrected chi connectivity index (χ4v) is 2.12. The van der Waals surface area contributed by atoms with Crippen LogP contribution < -0.4 is 5.32 Å². The molecule has 96 valence electrons. The van der Waals surface area contributed by atoms with Crippen molar-refractivity contribution in [2.45, 2.75) is 33.4 Å². The van der Waals surface area contributed by atoms with Crippen LogP contribution in [0.3, 0.4) is 0 Å². The molecule has 0 radical (unpaired) electrons. The first-order valence-electron chi connectivity index (χ1n) is 6.69.